The van der Waals surface area contributed by atoms with Crippen LogP contribution in [-0.2, 0) is 9.59 Å². The SMILES string of the molecule is COc1ccc(C(=O)C=C[C@@H]2CCC(=O)[C@H]2CCCCCCC(=O)O)cc1OC. The quantitative estimate of drug-likeness (QED) is 0.315. The smallest absolute Gasteiger partial charge is 0.303 e. The fourth-order valence-electron chi connectivity index (χ4n) is 3.83. The monoisotopic (exact) mass is 402 g/mol. The summed E-state index contributed by atoms with van der Waals surface area (Å²) in [6, 6.07) is 5.05. The fourth-order valence-corrected chi connectivity index (χ4v) is 3.83. The number of ether oxygens (including phenoxy) is 2. The van der Waals surface area contributed by atoms with E-state index >= 15 is 0 Å². The number of allylic oxidation sites excluding steroid dienone is 2. The molecule has 0 spiro atoms. The lowest BCUT2D eigenvalue weighted by Gasteiger charge is -2.14. The van der Waals surface area contributed by atoms with Gasteiger partial charge in [-0.05, 0) is 49.5 Å². The van der Waals surface area contributed by atoms with E-state index in [0.717, 1.165) is 32.1 Å². The van der Waals surface area contributed by atoms with Gasteiger partial charge in [-0.3, -0.25) is 14.4 Å². The first kappa shape index (κ1) is 22.7. The van der Waals surface area contributed by atoms with Crippen molar-refractivity contribution in [3.05, 3.63) is 35.9 Å². The number of carboxylic acids is 1. The maximum absolute atomic E-state index is 12.5. The lowest BCUT2D eigenvalue weighted by atomic mass is 9.89. The second-order valence-corrected chi connectivity index (χ2v) is 7.42. The number of Topliss-reactive ketones (excluding diaryl/α,β-unsaturated/α-hetero) is 1. The molecule has 1 saturated carbocycles. The molecule has 0 heterocycles. The molecule has 6 heteroatoms. The first-order chi connectivity index (χ1) is 14.0. The minimum Gasteiger partial charge on any atom is -0.493 e. The number of aliphatic carboxylic acids is 1. The van der Waals surface area contributed by atoms with Gasteiger partial charge in [0.2, 0.25) is 0 Å². The number of hydrogen-bond donors (Lipinski definition) is 1. The van der Waals surface area contributed by atoms with Crippen LogP contribution in [0, 0.1) is 11.8 Å². The second kappa shape index (κ2) is 11.4. The summed E-state index contributed by atoms with van der Waals surface area (Å²) in [7, 11) is 3.07. The normalized spacial score (nSPS) is 18.9. The van der Waals surface area contributed by atoms with Crippen molar-refractivity contribution in [2.75, 3.05) is 14.2 Å². The summed E-state index contributed by atoms with van der Waals surface area (Å²) in [6.45, 7) is 0. The molecule has 158 valence electrons. The van der Waals surface area contributed by atoms with Gasteiger partial charge in [0.25, 0.3) is 0 Å². The van der Waals surface area contributed by atoms with E-state index in [2.05, 4.69) is 0 Å². The molecule has 1 aliphatic carbocycles. The molecule has 1 aromatic rings. The van der Waals surface area contributed by atoms with E-state index in [0.29, 0.717) is 29.9 Å². The number of benzene rings is 1. The molecule has 6 nitrogen and oxygen atoms in total. The molecule has 0 radical (unpaired) electrons. The Hall–Kier alpha value is -2.63. The van der Waals surface area contributed by atoms with Crippen LogP contribution in [0.4, 0.5) is 0 Å². The number of ketones is 2. The molecule has 0 aromatic heterocycles. The Labute approximate surface area is 171 Å². The van der Waals surface area contributed by atoms with Crippen molar-refractivity contribution >= 4 is 17.5 Å². The van der Waals surface area contributed by atoms with Crippen molar-refractivity contribution in [3.8, 4) is 11.5 Å². The highest BCUT2D eigenvalue weighted by molar-refractivity contribution is 6.05. The molecular weight excluding hydrogens is 372 g/mol. The van der Waals surface area contributed by atoms with Crippen LogP contribution < -0.4 is 9.47 Å². The molecule has 2 atom stereocenters. The van der Waals surface area contributed by atoms with Gasteiger partial charge < -0.3 is 14.6 Å². The van der Waals surface area contributed by atoms with E-state index in [-0.39, 0.29) is 29.8 Å². The summed E-state index contributed by atoms with van der Waals surface area (Å²) in [5, 5.41) is 8.66. The summed E-state index contributed by atoms with van der Waals surface area (Å²) in [4.78, 5) is 35.3. The molecule has 1 fully saturated rings. The number of unbranched alkanes of at least 4 members (excludes halogenated alkanes) is 3. The number of hydrogen-bond acceptors (Lipinski definition) is 5. The minimum absolute atomic E-state index is 0.0380. The first-order valence-corrected chi connectivity index (χ1v) is 10.1. The average Bonchev–Trinajstić information content (AvgIpc) is 3.07. The van der Waals surface area contributed by atoms with Crippen LogP contribution in [-0.4, -0.2) is 36.9 Å². The Morgan fingerprint density at radius 3 is 2.52 bits per heavy atom. The highest BCUT2D eigenvalue weighted by atomic mass is 16.5. The van der Waals surface area contributed by atoms with Crippen molar-refractivity contribution < 1.29 is 29.0 Å². The zero-order chi connectivity index (χ0) is 21.2. The van der Waals surface area contributed by atoms with Crippen LogP contribution in [0.1, 0.15) is 61.7 Å². The lowest BCUT2D eigenvalue weighted by molar-refractivity contribution is -0.137. The third-order valence-corrected chi connectivity index (χ3v) is 5.47. The number of carbonyl (C=O) groups excluding carboxylic acids is 2. The van der Waals surface area contributed by atoms with Gasteiger partial charge in [-0.25, -0.2) is 0 Å². The lowest BCUT2D eigenvalue weighted by Crippen LogP contribution is -2.13. The highest BCUT2D eigenvalue weighted by Gasteiger charge is 2.32. The molecule has 0 bridgehead atoms. The maximum Gasteiger partial charge on any atom is 0.303 e. The van der Waals surface area contributed by atoms with Crippen molar-refractivity contribution in [1.82, 2.24) is 0 Å². The van der Waals surface area contributed by atoms with Crippen LogP contribution in [0.2, 0.25) is 0 Å². The van der Waals surface area contributed by atoms with E-state index in [1.807, 2.05) is 6.08 Å². The minimum atomic E-state index is -0.764. The standard InChI is InChI=1S/C23H30O6/c1-28-21-14-11-17(15-22(21)29-2)19(24)12-9-16-10-13-20(25)18(16)7-5-3-4-6-8-23(26)27/h9,11-12,14-16,18H,3-8,10,13H2,1-2H3,(H,26,27)/t16-,18+/m1/s1. The van der Waals surface area contributed by atoms with E-state index in [1.54, 1.807) is 31.4 Å². The van der Waals surface area contributed by atoms with Gasteiger partial charge in [0.15, 0.2) is 17.3 Å². The predicted molar refractivity (Wildman–Crippen MR) is 110 cm³/mol. The van der Waals surface area contributed by atoms with E-state index in [4.69, 9.17) is 14.6 Å². The van der Waals surface area contributed by atoms with Gasteiger partial charge >= 0.3 is 5.97 Å². The molecule has 0 saturated heterocycles. The zero-order valence-corrected chi connectivity index (χ0v) is 17.2. The van der Waals surface area contributed by atoms with Crippen molar-refractivity contribution in [2.45, 2.75) is 51.4 Å². The van der Waals surface area contributed by atoms with Crippen molar-refractivity contribution in [1.29, 1.82) is 0 Å². The summed E-state index contributed by atoms with van der Waals surface area (Å²) in [6.07, 6.45) is 9.15. The van der Waals surface area contributed by atoms with Crippen LogP contribution in [0.3, 0.4) is 0 Å². The van der Waals surface area contributed by atoms with Gasteiger partial charge in [0, 0.05) is 24.3 Å². The molecule has 1 aliphatic rings. The number of methoxy groups -OCH3 is 2. The predicted octanol–water partition coefficient (Wildman–Crippen LogP) is 4.46. The number of rotatable bonds is 12. The fraction of sp³-hybridized carbons (Fsp3) is 0.522. The molecule has 0 aliphatic heterocycles. The van der Waals surface area contributed by atoms with E-state index in [1.165, 1.54) is 7.11 Å². The zero-order valence-electron chi connectivity index (χ0n) is 17.2. The van der Waals surface area contributed by atoms with Gasteiger partial charge in [-0.2, -0.15) is 0 Å². The number of carboxylic acid groups (broad SMARTS) is 1. The molecule has 29 heavy (non-hydrogen) atoms. The van der Waals surface area contributed by atoms with Crippen LogP contribution in [0.25, 0.3) is 0 Å². The summed E-state index contributed by atoms with van der Waals surface area (Å²) in [5.74, 6) is 0.498. The summed E-state index contributed by atoms with van der Waals surface area (Å²) < 4.78 is 10.4. The maximum atomic E-state index is 12.5. The second-order valence-electron chi connectivity index (χ2n) is 7.42. The van der Waals surface area contributed by atoms with E-state index < -0.39 is 5.97 Å². The van der Waals surface area contributed by atoms with E-state index in [9.17, 15) is 14.4 Å². The molecule has 0 amide bonds. The van der Waals surface area contributed by atoms with Crippen molar-refractivity contribution in [3.63, 3.8) is 0 Å². The van der Waals surface area contributed by atoms with Crippen molar-refractivity contribution in [2.24, 2.45) is 11.8 Å². The Bertz CT molecular complexity index is 752. The van der Waals surface area contributed by atoms with Gasteiger partial charge in [0.05, 0.1) is 14.2 Å². The van der Waals surface area contributed by atoms with Gasteiger partial charge in [0.1, 0.15) is 5.78 Å². The average molecular weight is 402 g/mol. The Kier molecular flexibility index (Phi) is 8.90. The molecule has 1 aromatic carbocycles. The summed E-state index contributed by atoms with van der Waals surface area (Å²) >= 11 is 0. The van der Waals surface area contributed by atoms with Crippen LogP contribution in [0.15, 0.2) is 30.4 Å². The molecule has 0 unspecified atom stereocenters. The topological polar surface area (TPSA) is 89.9 Å². The summed E-state index contributed by atoms with van der Waals surface area (Å²) in [5.41, 5.74) is 0.512. The molecular formula is C23H30O6. The number of carbonyl (C=O) groups is 3. The third-order valence-electron chi connectivity index (χ3n) is 5.47. The largest absolute Gasteiger partial charge is 0.493 e. The van der Waals surface area contributed by atoms with Crippen LogP contribution >= 0.6 is 0 Å². The van der Waals surface area contributed by atoms with Gasteiger partial charge in [-0.15, -0.1) is 0 Å². The molecule has 1 N–H and O–H groups in total. The first-order valence-electron chi connectivity index (χ1n) is 10.1. The Morgan fingerprint density at radius 2 is 1.83 bits per heavy atom. The van der Waals surface area contributed by atoms with Gasteiger partial charge in [-0.1, -0.05) is 25.3 Å². The highest BCUT2D eigenvalue weighted by Crippen LogP contribution is 2.34. The third kappa shape index (κ3) is 6.73. The Morgan fingerprint density at radius 1 is 1.10 bits per heavy atom. The Balaban J connectivity index is 1.90. The molecule has 2 rings (SSSR count). The van der Waals surface area contributed by atoms with Crippen LogP contribution in [0.5, 0.6) is 11.5 Å².